The normalized spacial score (nSPS) is 25.2. The van der Waals surface area contributed by atoms with Crippen LogP contribution in [0.4, 0.5) is 0 Å². The van der Waals surface area contributed by atoms with Gasteiger partial charge in [0.25, 0.3) is 5.56 Å². The van der Waals surface area contributed by atoms with Crippen LogP contribution in [0.25, 0.3) is 0 Å². The molecule has 41 heavy (non-hydrogen) atoms. The number of alkyl halides is 2. The molecule has 226 valence electrons. The second-order valence-electron chi connectivity index (χ2n) is 9.40. The molecular formula is C24H31BrClN4O10P. The maximum atomic E-state index is 13.9. The van der Waals surface area contributed by atoms with Crippen LogP contribution in [0, 0.1) is 0 Å². The molecule has 2 heterocycles. The Morgan fingerprint density at radius 2 is 1.85 bits per heavy atom. The Labute approximate surface area is 248 Å². The van der Waals surface area contributed by atoms with Gasteiger partial charge < -0.3 is 24.5 Å². The van der Waals surface area contributed by atoms with Crippen LogP contribution in [0.5, 0.6) is 5.75 Å². The molecule has 1 aromatic carbocycles. The van der Waals surface area contributed by atoms with Crippen LogP contribution in [-0.2, 0) is 32.9 Å². The van der Waals surface area contributed by atoms with Crippen molar-refractivity contribution in [3.05, 3.63) is 63.4 Å². The number of nitrogens with zero attached hydrogens (tertiary/aromatic N) is 1. The van der Waals surface area contributed by atoms with Gasteiger partial charge in [-0.05, 0) is 39.8 Å². The first-order valence-corrected chi connectivity index (χ1v) is 15.1. The third-order valence-electron chi connectivity index (χ3n) is 5.50. The van der Waals surface area contributed by atoms with Crippen LogP contribution in [-0.4, -0.2) is 62.3 Å². The predicted octanol–water partition coefficient (Wildman–Crippen LogP) is 2.16. The van der Waals surface area contributed by atoms with Gasteiger partial charge in [0.1, 0.15) is 23.9 Å². The number of H-pyrrole nitrogens is 1. The number of nitrogens with two attached hydrogens (primary N) is 1. The van der Waals surface area contributed by atoms with E-state index in [1.165, 1.54) is 26.0 Å². The Balaban J connectivity index is 1.92. The maximum absolute atomic E-state index is 13.9. The highest BCUT2D eigenvalue weighted by atomic mass is 79.9. The molecule has 14 nitrogen and oxygen atoms in total. The van der Waals surface area contributed by atoms with E-state index in [1.807, 2.05) is 0 Å². The number of esters is 2. The first-order chi connectivity index (χ1) is 19.1. The Morgan fingerprint density at radius 3 is 2.44 bits per heavy atom. The second-order valence-corrected chi connectivity index (χ2v) is 13.5. The first-order valence-electron chi connectivity index (χ1n) is 12.4. The lowest BCUT2D eigenvalue weighted by Crippen LogP contribution is -2.45. The van der Waals surface area contributed by atoms with Gasteiger partial charge in [0.15, 0.2) is 16.1 Å². The highest BCUT2D eigenvalue weighted by molar-refractivity contribution is 9.10. The number of hydrogen-bond donors (Lipinski definition) is 3. The average molecular weight is 682 g/mol. The summed E-state index contributed by atoms with van der Waals surface area (Å²) in [7, 11) is -4.35. The number of halogens is 2. The minimum atomic E-state index is -4.35. The fourth-order valence-corrected chi connectivity index (χ4v) is 6.16. The quantitative estimate of drug-likeness (QED) is 0.168. The van der Waals surface area contributed by atoms with Gasteiger partial charge in [-0.2, -0.15) is 5.09 Å². The van der Waals surface area contributed by atoms with Crippen molar-refractivity contribution in [1.29, 1.82) is 0 Å². The molecule has 0 amide bonds. The van der Waals surface area contributed by atoms with Gasteiger partial charge >= 0.3 is 25.4 Å². The van der Waals surface area contributed by atoms with Crippen molar-refractivity contribution in [1.82, 2.24) is 14.6 Å². The standard InChI is InChI=1S/C24H31BrClN4O10P/c1-13(2)37-21(33)15(4)29-41(35,40-16-8-6-5-7-9-16)36-12-17-19(39-20(32)14(3)27)24(25,26)22(38-17)30-11-10-18(31)28-23(30)34/h5-11,13-15,17,19,22H,12,27H2,1-4H3,(H,29,35)(H,28,31,34)/t14-,15-,17+,19+,22+,24-,41-/m0/s1. The van der Waals surface area contributed by atoms with E-state index in [2.05, 4.69) is 26.0 Å². The summed E-state index contributed by atoms with van der Waals surface area (Å²) in [5.74, 6) is -1.40. The molecule has 0 saturated carbocycles. The van der Waals surface area contributed by atoms with Crippen LogP contribution in [0.3, 0.4) is 0 Å². The van der Waals surface area contributed by atoms with Gasteiger partial charge in [-0.1, -0.05) is 45.7 Å². The Hall–Kier alpha value is -2.52. The highest BCUT2D eigenvalue weighted by Gasteiger charge is 2.58. The number of rotatable bonds is 12. The number of aromatic amines is 1. The largest absolute Gasteiger partial charge is 0.462 e. The summed E-state index contributed by atoms with van der Waals surface area (Å²) in [5.41, 5.74) is 4.15. The fourth-order valence-electron chi connectivity index (χ4n) is 3.60. The van der Waals surface area contributed by atoms with Crippen LogP contribution in [0.1, 0.15) is 33.9 Å². The lowest BCUT2D eigenvalue weighted by Gasteiger charge is -2.28. The highest BCUT2D eigenvalue weighted by Crippen LogP contribution is 2.51. The summed E-state index contributed by atoms with van der Waals surface area (Å²) in [4.78, 5) is 51.1. The topological polar surface area (TPSA) is 190 Å². The third kappa shape index (κ3) is 8.51. The Kier molecular flexibility index (Phi) is 11.0. The zero-order chi connectivity index (χ0) is 30.5. The predicted molar refractivity (Wildman–Crippen MR) is 151 cm³/mol. The Morgan fingerprint density at radius 1 is 1.20 bits per heavy atom. The second kappa shape index (κ2) is 13.6. The van der Waals surface area contributed by atoms with Gasteiger partial charge in [-0.25, -0.2) is 9.36 Å². The van der Waals surface area contributed by atoms with Crippen LogP contribution in [0.15, 0.2) is 52.2 Å². The summed E-state index contributed by atoms with van der Waals surface area (Å²) in [6, 6.07) is 6.93. The summed E-state index contributed by atoms with van der Waals surface area (Å²) < 4.78 is 41.0. The molecule has 17 heteroatoms. The molecule has 1 fully saturated rings. The van der Waals surface area contributed by atoms with Gasteiger partial charge in [0, 0.05) is 12.3 Å². The van der Waals surface area contributed by atoms with Gasteiger partial charge in [-0.15, -0.1) is 0 Å². The van der Waals surface area contributed by atoms with Crippen LogP contribution in [0.2, 0.25) is 0 Å². The van der Waals surface area contributed by atoms with Gasteiger partial charge in [0.2, 0.25) is 0 Å². The van der Waals surface area contributed by atoms with Crippen molar-refractivity contribution < 1.29 is 37.4 Å². The van der Waals surface area contributed by atoms with Crippen molar-refractivity contribution in [2.75, 3.05) is 6.61 Å². The van der Waals surface area contributed by atoms with Gasteiger partial charge in [0.05, 0.1) is 12.7 Å². The summed E-state index contributed by atoms with van der Waals surface area (Å²) in [6.45, 7) is 5.54. The molecule has 1 saturated heterocycles. The zero-order valence-electron chi connectivity index (χ0n) is 22.5. The fraction of sp³-hybridized carbons (Fsp3) is 0.500. The van der Waals surface area contributed by atoms with E-state index in [9.17, 15) is 23.7 Å². The summed E-state index contributed by atoms with van der Waals surface area (Å²) in [5, 5.41) is 2.54. The number of nitrogens with one attached hydrogen (secondary N) is 2. The molecule has 0 unspecified atom stereocenters. The molecule has 2 aromatic rings. The van der Waals surface area contributed by atoms with Crippen molar-refractivity contribution in [2.45, 2.75) is 68.1 Å². The molecule has 1 aliphatic heterocycles. The number of carbonyl (C=O) groups excluding carboxylic acids is 2. The van der Waals surface area contributed by atoms with Crippen LogP contribution < -0.4 is 26.6 Å². The minimum Gasteiger partial charge on any atom is -0.462 e. The smallest absolute Gasteiger partial charge is 0.459 e. The van der Waals surface area contributed by atoms with E-state index in [-0.39, 0.29) is 5.75 Å². The molecule has 0 radical (unpaired) electrons. The summed E-state index contributed by atoms with van der Waals surface area (Å²) >= 11 is 10.0. The zero-order valence-corrected chi connectivity index (χ0v) is 25.8. The number of ether oxygens (including phenoxy) is 3. The molecule has 1 aliphatic rings. The molecule has 0 spiro atoms. The molecule has 4 N–H and O–H groups in total. The SMILES string of the molecule is CC(C)OC(=O)[C@H](C)N[P@](=O)(OC[C@H]1O[C@@H](n2ccc(=O)[nH]c2=O)[C@](Cl)(Br)[C@@H]1OC(=O)[C@H](C)N)Oc1ccccc1. The van der Waals surface area contributed by atoms with Crippen molar-refractivity contribution in [3.63, 3.8) is 0 Å². The molecule has 7 atom stereocenters. The Bertz CT molecular complexity index is 1390. The monoisotopic (exact) mass is 680 g/mol. The van der Waals surface area contributed by atoms with E-state index < -0.39 is 77.9 Å². The molecule has 3 rings (SSSR count). The van der Waals surface area contributed by atoms with Gasteiger partial charge in [-0.3, -0.25) is 28.5 Å². The van der Waals surface area contributed by atoms with E-state index in [4.69, 9.17) is 40.6 Å². The van der Waals surface area contributed by atoms with Crippen molar-refractivity contribution in [3.8, 4) is 5.75 Å². The average Bonchev–Trinajstić information content (AvgIpc) is 3.12. The maximum Gasteiger partial charge on any atom is 0.459 e. The van der Waals surface area contributed by atoms with E-state index in [0.29, 0.717) is 0 Å². The number of para-hydroxylation sites is 1. The molecule has 0 bridgehead atoms. The van der Waals surface area contributed by atoms with Crippen molar-refractivity contribution in [2.24, 2.45) is 5.73 Å². The number of aromatic nitrogens is 2. The number of benzene rings is 1. The number of carbonyl (C=O) groups is 2. The molecule has 0 aliphatic carbocycles. The third-order valence-corrected chi connectivity index (χ3v) is 8.39. The molecule has 1 aromatic heterocycles. The van der Waals surface area contributed by atoms with E-state index >= 15 is 0 Å². The lowest BCUT2D eigenvalue weighted by atomic mass is 10.1. The minimum absolute atomic E-state index is 0.157. The lowest BCUT2D eigenvalue weighted by molar-refractivity contribution is -0.154. The van der Waals surface area contributed by atoms with Crippen molar-refractivity contribution >= 4 is 47.2 Å². The van der Waals surface area contributed by atoms with E-state index in [1.54, 1.807) is 32.0 Å². The first kappa shape index (κ1) is 33.0. The number of hydrogen-bond acceptors (Lipinski definition) is 11. The molecular weight excluding hydrogens is 651 g/mol. The van der Waals surface area contributed by atoms with Crippen LogP contribution >= 0.6 is 35.3 Å². The summed E-state index contributed by atoms with van der Waals surface area (Å²) in [6.07, 6.45) is -3.26. The van der Waals surface area contributed by atoms with E-state index in [0.717, 1.165) is 16.8 Å².